The largest absolute Gasteiger partial charge is 0.344 e. The SMILES string of the molecule is CC(=O)N1CCC(N(CC(C)C)C2CCN(C(=O)[C@@H](Cc3ccc(Cl)cc3)NC(=O)C[C@H]3c4ccccc4CCN3C(C)=O)CC2)CC1. The van der Waals surface area contributed by atoms with Gasteiger partial charge in [0.2, 0.25) is 23.6 Å². The minimum absolute atomic E-state index is 0.0603. The summed E-state index contributed by atoms with van der Waals surface area (Å²) >= 11 is 6.15. The zero-order valence-corrected chi connectivity index (χ0v) is 29.8. The van der Waals surface area contributed by atoms with Gasteiger partial charge in [0, 0.05) is 76.6 Å². The molecular formula is C38H52ClN5O4. The molecule has 10 heteroatoms. The van der Waals surface area contributed by atoms with Crippen LogP contribution in [-0.4, -0.2) is 101 Å². The molecule has 3 aliphatic heterocycles. The first-order valence-corrected chi connectivity index (χ1v) is 18.1. The van der Waals surface area contributed by atoms with E-state index < -0.39 is 6.04 Å². The van der Waals surface area contributed by atoms with Crippen LogP contribution in [-0.2, 0) is 32.0 Å². The Labute approximate surface area is 290 Å². The van der Waals surface area contributed by atoms with E-state index in [0.29, 0.717) is 49.1 Å². The Morgan fingerprint density at radius 3 is 2.02 bits per heavy atom. The van der Waals surface area contributed by atoms with E-state index >= 15 is 0 Å². The predicted molar refractivity (Wildman–Crippen MR) is 188 cm³/mol. The fourth-order valence-electron chi connectivity index (χ4n) is 7.90. The Morgan fingerprint density at radius 1 is 0.833 bits per heavy atom. The third-order valence-electron chi connectivity index (χ3n) is 10.4. The number of carbonyl (C=O) groups excluding carboxylic acids is 4. The van der Waals surface area contributed by atoms with Gasteiger partial charge in [-0.15, -0.1) is 0 Å². The van der Waals surface area contributed by atoms with Gasteiger partial charge in [0.25, 0.3) is 0 Å². The van der Waals surface area contributed by atoms with E-state index in [0.717, 1.165) is 68.4 Å². The van der Waals surface area contributed by atoms with Crippen molar-refractivity contribution in [1.29, 1.82) is 0 Å². The van der Waals surface area contributed by atoms with E-state index in [9.17, 15) is 19.2 Å². The summed E-state index contributed by atoms with van der Waals surface area (Å²) in [7, 11) is 0. The van der Waals surface area contributed by atoms with Crippen molar-refractivity contribution in [3.63, 3.8) is 0 Å². The van der Waals surface area contributed by atoms with Gasteiger partial charge in [-0.1, -0.05) is 61.8 Å². The number of nitrogens with zero attached hydrogens (tertiary/aromatic N) is 4. The molecule has 2 aromatic carbocycles. The molecule has 0 saturated carbocycles. The van der Waals surface area contributed by atoms with Gasteiger partial charge in [0.15, 0.2) is 0 Å². The van der Waals surface area contributed by atoms with Gasteiger partial charge in [-0.05, 0) is 66.8 Å². The molecule has 9 nitrogen and oxygen atoms in total. The Kier molecular flexibility index (Phi) is 12.2. The fourth-order valence-corrected chi connectivity index (χ4v) is 8.03. The van der Waals surface area contributed by atoms with Crippen LogP contribution >= 0.6 is 11.6 Å². The van der Waals surface area contributed by atoms with Crippen molar-refractivity contribution in [2.24, 2.45) is 5.92 Å². The molecule has 0 bridgehead atoms. The van der Waals surface area contributed by atoms with Crippen molar-refractivity contribution >= 4 is 35.2 Å². The highest BCUT2D eigenvalue weighted by atomic mass is 35.5. The van der Waals surface area contributed by atoms with E-state index in [-0.39, 0.29) is 36.1 Å². The Morgan fingerprint density at radius 2 is 1.44 bits per heavy atom. The molecule has 2 aromatic rings. The number of hydrogen-bond donors (Lipinski definition) is 1. The molecule has 0 unspecified atom stereocenters. The highest BCUT2D eigenvalue weighted by molar-refractivity contribution is 6.30. The summed E-state index contributed by atoms with van der Waals surface area (Å²) < 4.78 is 0. The van der Waals surface area contributed by atoms with Gasteiger partial charge >= 0.3 is 0 Å². The molecule has 2 saturated heterocycles. The second-order valence-corrected chi connectivity index (χ2v) is 14.7. The average molecular weight is 678 g/mol. The smallest absolute Gasteiger partial charge is 0.245 e. The third kappa shape index (κ3) is 8.97. The normalized spacial score (nSPS) is 19.7. The molecule has 0 radical (unpaired) electrons. The van der Waals surface area contributed by atoms with Gasteiger partial charge in [-0.3, -0.25) is 24.1 Å². The molecule has 0 aliphatic carbocycles. The van der Waals surface area contributed by atoms with E-state index in [1.54, 1.807) is 30.9 Å². The quantitative estimate of drug-likeness (QED) is 0.388. The molecule has 3 aliphatic rings. The summed E-state index contributed by atoms with van der Waals surface area (Å²) in [5.41, 5.74) is 3.07. The summed E-state index contributed by atoms with van der Waals surface area (Å²) in [4.78, 5) is 60.7. The molecule has 0 spiro atoms. The van der Waals surface area contributed by atoms with Crippen LogP contribution in [0.4, 0.5) is 0 Å². The maximum atomic E-state index is 14.2. The van der Waals surface area contributed by atoms with Crippen molar-refractivity contribution in [3.05, 3.63) is 70.2 Å². The third-order valence-corrected chi connectivity index (χ3v) is 10.6. The van der Waals surface area contributed by atoms with Crippen molar-refractivity contribution in [2.75, 3.05) is 39.3 Å². The fraction of sp³-hybridized carbons (Fsp3) is 0.579. The lowest BCUT2D eigenvalue weighted by atomic mass is 9.90. The Hall–Kier alpha value is -3.43. The second kappa shape index (κ2) is 16.3. The molecule has 48 heavy (non-hydrogen) atoms. The number of fused-ring (bicyclic) bond motifs is 1. The summed E-state index contributed by atoms with van der Waals surface area (Å²) in [5, 5.41) is 3.71. The number of benzene rings is 2. The standard InChI is InChI=1S/C38H52ClN5O4/c1-26(2)25-44(32-14-18-41(19-15-32)27(3)45)33-16-20-42(21-17-33)38(48)35(23-29-9-11-31(39)12-10-29)40-37(47)24-36-34-8-6-5-7-30(34)13-22-43(36)28(4)46/h5-12,26,32-33,35-36H,13-25H2,1-4H3,(H,40,47)/t35-,36+/m1/s1. The van der Waals surface area contributed by atoms with Crippen LogP contribution in [0.25, 0.3) is 0 Å². The van der Waals surface area contributed by atoms with Crippen LogP contribution in [0.15, 0.2) is 48.5 Å². The van der Waals surface area contributed by atoms with Crippen LogP contribution < -0.4 is 5.32 Å². The number of likely N-dealkylation sites (tertiary alicyclic amines) is 2. The van der Waals surface area contributed by atoms with E-state index in [1.807, 2.05) is 40.1 Å². The highest BCUT2D eigenvalue weighted by Crippen LogP contribution is 2.32. The van der Waals surface area contributed by atoms with Crippen LogP contribution in [0.2, 0.25) is 5.02 Å². The van der Waals surface area contributed by atoms with E-state index in [2.05, 4.69) is 30.1 Å². The molecule has 2 atom stereocenters. The van der Waals surface area contributed by atoms with Crippen molar-refractivity contribution in [3.8, 4) is 0 Å². The lowest BCUT2D eigenvalue weighted by Gasteiger charge is -2.46. The van der Waals surface area contributed by atoms with Crippen LogP contribution in [0, 0.1) is 5.92 Å². The number of carbonyl (C=O) groups is 4. The predicted octanol–water partition coefficient (Wildman–Crippen LogP) is 4.86. The monoisotopic (exact) mass is 677 g/mol. The topological polar surface area (TPSA) is 93.3 Å². The Bertz CT molecular complexity index is 1430. The van der Waals surface area contributed by atoms with Crippen molar-refractivity contribution in [1.82, 2.24) is 24.9 Å². The maximum absolute atomic E-state index is 14.2. The van der Waals surface area contributed by atoms with Crippen molar-refractivity contribution in [2.45, 2.75) is 96.8 Å². The summed E-state index contributed by atoms with van der Waals surface area (Å²) in [6.45, 7) is 12.1. The molecule has 0 aromatic heterocycles. The summed E-state index contributed by atoms with van der Waals surface area (Å²) in [6, 6.07) is 15.1. The minimum Gasteiger partial charge on any atom is -0.344 e. The number of hydrogen-bond acceptors (Lipinski definition) is 5. The lowest BCUT2D eigenvalue weighted by molar-refractivity contribution is -0.139. The molecule has 1 N–H and O–H groups in total. The second-order valence-electron chi connectivity index (χ2n) is 14.2. The van der Waals surface area contributed by atoms with Crippen LogP contribution in [0.5, 0.6) is 0 Å². The molecule has 2 fully saturated rings. The number of halogens is 1. The number of nitrogens with one attached hydrogen (secondary N) is 1. The molecular weight excluding hydrogens is 626 g/mol. The first-order valence-electron chi connectivity index (χ1n) is 17.7. The first kappa shape index (κ1) is 35.9. The highest BCUT2D eigenvalue weighted by Gasteiger charge is 2.36. The van der Waals surface area contributed by atoms with Gasteiger partial charge < -0.3 is 20.0 Å². The molecule has 5 rings (SSSR count). The molecule has 260 valence electrons. The summed E-state index contributed by atoms with van der Waals surface area (Å²) in [6.07, 6.45) is 4.91. The van der Waals surface area contributed by atoms with Crippen molar-refractivity contribution < 1.29 is 19.2 Å². The van der Waals surface area contributed by atoms with Gasteiger partial charge in [0.1, 0.15) is 6.04 Å². The lowest BCUT2D eigenvalue weighted by Crippen LogP contribution is -2.56. The van der Waals surface area contributed by atoms with Crippen LogP contribution in [0.3, 0.4) is 0 Å². The van der Waals surface area contributed by atoms with Gasteiger partial charge in [-0.25, -0.2) is 0 Å². The minimum atomic E-state index is -0.734. The zero-order chi connectivity index (χ0) is 34.4. The molecule has 3 heterocycles. The molecule has 4 amide bonds. The van der Waals surface area contributed by atoms with Gasteiger partial charge in [-0.2, -0.15) is 0 Å². The summed E-state index contributed by atoms with van der Waals surface area (Å²) in [5.74, 6) is 0.287. The maximum Gasteiger partial charge on any atom is 0.245 e. The van der Waals surface area contributed by atoms with E-state index in [1.165, 1.54) is 0 Å². The van der Waals surface area contributed by atoms with Crippen LogP contribution in [0.1, 0.15) is 82.5 Å². The number of rotatable bonds is 10. The number of amides is 4. The number of piperidine rings is 2. The first-order chi connectivity index (χ1) is 23.0. The van der Waals surface area contributed by atoms with E-state index in [4.69, 9.17) is 11.6 Å². The average Bonchev–Trinajstić information content (AvgIpc) is 3.07. The zero-order valence-electron chi connectivity index (χ0n) is 29.0. The Balaban J connectivity index is 1.27. The van der Waals surface area contributed by atoms with Gasteiger partial charge in [0.05, 0.1) is 12.5 Å².